The highest BCUT2D eigenvalue weighted by atomic mass is 16.3. The van der Waals surface area contributed by atoms with E-state index in [1.165, 1.54) is 31.5 Å². The predicted octanol–water partition coefficient (Wildman–Crippen LogP) is 3.79. The minimum absolute atomic E-state index is 0.250. The predicted molar refractivity (Wildman–Crippen MR) is 113 cm³/mol. The molecule has 7 nitrogen and oxygen atoms in total. The lowest BCUT2D eigenvalue weighted by Crippen LogP contribution is -2.29. The second kappa shape index (κ2) is 10.3. The number of anilines is 2. The van der Waals surface area contributed by atoms with Crippen molar-refractivity contribution in [3.05, 3.63) is 66.6 Å². The summed E-state index contributed by atoms with van der Waals surface area (Å²) in [6, 6.07) is 14.7. The van der Waals surface area contributed by atoms with Gasteiger partial charge >= 0.3 is 0 Å². The van der Waals surface area contributed by atoms with Crippen molar-refractivity contribution in [2.75, 3.05) is 25.5 Å². The first kappa shape index (κ1) is 20.4. The molecular weight excluding hydrogens is 366 g/mol. The number of carboxylic acid groups (broad SMARTS) is 1. The fraction of sp³-hybridized carbons (Fsp3) is 0.273. The van der Waals surface area contributed by atoms with Crippen LogP contribution in [-0.2, 0) is 4.79 Å². The molecule has 3 aromatic rings. The van der Waals surface area contributed by atoms with Crippen LogP contribution in [0.3, 0.4) is 0 Å². The molecule has 2 N–H and O–H groups in total. The molecule has 0 amide bonds. The van der Waals surface area contributed by atoms with Gasteiger partial charge in [0.2, 0.25) is 5.95 Å². The number of carbonyl (C=O) groups is 1. The van der Waals surface area contributed by atoms with Crippen molar-refractivity contribution in [2.45, 2.75) is 18.8 Å². The number of nitrogens with one attached hydrogen (secondary N) is 1. The zero-order valence-corrected chi connectivity index (χ0v) is 16.4. The number of hydrogen-bond donors (Lipinski definition) is 2. The van der Waals surface area contributed by atoms with Crippen LogP contribution >= 0.6 is 0 Å². The van der Waals surface area contributed by atoms with E-state index in [1.807, 2.05) is 18.3 Å². The number of pyridine rings is 1. The van der Waals surface area contributed by atoms with Crippen molar-refractivity contribution in [1.82, 2.24) is 19.9 Å². The Bertz CT molecular complexity index is 877. The van der Waals surface area contributed by atoms with E-state index in [9.17, 15) is 0 Å². The van der Waals surface area contributed by atoms with Gasteiger partial charge in [0.1, 0.15) is 0 Å². The van der Waals surface area contributed by atoms with Crippen molar-refractivity contribution in [3.63, 3.8) is 0 Å². The second-order valence-electron chi connectivity index (χ2n) is 6.93. The molecule has 0 radical (unpaired) electrons. The van der Waals surface area contributed by atoms with E-state index < -0.39 is 0 Å². The van der Waals surface area contributed by atoms with Crippen molar-refractivity contribution >= 4 is 18.1 Å². The molecule has 1 saturated heterocycles. The molecule has 1 fully saturated rings. The van der Waals surface area contributed by atoms with Crippen LogP contribution in [0.25, 0.3) is 11.3 Å². The lowest BCUT2D eigenvalue weighted by atomic mass is 9.89. The summed E-state index contributed by atoms with van der Waals surface area (Å²) in [7, 11) is 2.20. The maximum atomic E-state index is 8.36. The monoisotopic (exact) mass is 391 g/mol. The van der Waals surface area contributed by atoms with Gasteiger partial charge in [0.25, 0.3) is 6.47 Å². The van der Waals surface area contributed by atoms with Crippen LogP contribution < -0.4 is 5.32 Å². The van der Waals surface area contributed by atoms with Crippen molar-refractivity contribution in [2.24, 2.45) is 0 Å². The Morgan fingerprint density at radius 2 is 1.69 bits per heavy atom. The Balaban J connectivity index is 0.000000755. The Morgan fingerprint density at radius 1 is 1.03 bits per heavy atom. The van der Waals surface area contributed by atoms with Crippen LogP contribution in [0.5, 0.6) is 0 Å². The normalized spacial score (nSPS) is 14.5. The summed E-state index contributed by atoms with van der Waals surface area (Å²) in [6.07, 6.45) is 7.73. The molecule has 1 aliphatic rings. The topological polar surface area (TPSA) is 91.2 Å². The van der Waals surface area contributed by atoms with Gasteiger partial charge in [0.15, 0.2) is 0 Å². The SMILES string of the molecule is CN1CCC(c2ccc(-c3ccc(Nc4ncccn4)cn3)cc2)CC1.O=CO. The van der Waals surface area contributed by atoms with Crippen LogP contribution in [0, 0.1) is 0 Å². The van der Waals surface area contributed by atoms with Crippen LogP contribution in [-0.4, -0.2) is 51.6 Å². The van der Waals surface area contributed by atoms with E-state index in [1.54, 1.807) is 18.5 Å². The van der Waals surface area contributed by atoms with Gasteiger partial charge in [-0.2, -0.15) is 0 Å². The van der Waals surface area contributed by atoms with E-state index in [0.717, 1.165) is 16.9 Å². The fourth-order valence-electron chi connectivity index (χ4n) is 3.40. The summed E-state index contributed by atoms with van der Waals surface area (Å²) >= 11 is 0. The number of hydrogen-bond acceptors (Lipinski definition) is 6. The fourth-order valence-corrected chi connectivity index (χ4v) is 3.40. The van der Waals surface area contributed by atoms with E-state index in [4.69, 9.17) is 9.90 Å². The standard InChI is InChI=1S/C21H23N5.CH2O2/c1-26-13-9-17(10-14-26)16-3-5-18(6-4-16)20-8-7-19(15-24-20)25-21-22-11-2-12-23-21;2-1-3/h2-8,11-12,15,17H,9-10,13-14H2,1H3,(H,22,23,25);1H,(H,2,3). The summed E-state index contributed by atoms with van der Waals surface area (Å²) in [6.45, 7) is 2.13. The van der Waals surface area contributed by atoms with Gasteiger partial charge in [-0.1, -0.05) is 24.3 Å². The zero-order valence-electron chi connectivity index (χ0n) is 16.4. The average Bonchev–Trinajstić information content (AvgIpc) is 2.76. The largest absolute Gasteiger partial charge is 0.483 e. The average molecular weight is 391 g/mol. The summed E-state index contributed by atoms with van der Waals surface area (Å²) < 4.78 is 0. The summed E-state index contributed by atoms with van der Waals surface area (Å²) in [4.78, 5) is 23.7. The summed E-state index contributed by atoms with van der Waals surface area (Å²) in [5.74, 6) is 1.26. The van der Waals surface area contributed by atoms with Crippen molar-refractivity contribution in [1.29, 1.82) is 0 Å². The van der Waals surface area contributed by atoms with Gasteiger partial charge < -0.3 is 15.3 Å². The van der Waals surface area contributed by atoms with Gasteiger partial charge in [0, 0.05) is 18.0 Å². The quantitative estimate of drug-likeness (QED) is 0.654. The molecule has 0 atom stereocenters. The van der Waals surface area contributed by atoms with E-state index in [0.29, 0.717) is 11.9 Å². The third-order valence-electron chi connectivity index (χ3n) is 4.98. The van der Waals surface area contributed by atoms with Gasteiger partial charge in [-0.15, -0.1) is 0 Å². The molecule has 0 aliphatic carbocycles. The zero-order chi connectivity index (χ0) is 20.5. The molecule has 0 bridgehead atoms. The minimum atomic E-state index is -0.250. The molecule has 150 valence electrons. The second-order valence-corrected chi connectivity index (χ2v) is 6.93. The number of aromatic nitrogens is 3. The van der Waals surface area contributed by atoms with Crippen LogP contribution in [0.2, 0.25) is 0 Å². The molecular formula is C22H25N5O2. The van der Waals surface area contributed by atoms with E-state index >= 15 is 0 Å². The first-order valence-electron chi connectivity index (χ1n) is 9.56. The number of rotatable bonds is 4. The highest BCUT2D eigenvalue weighted by Crippen LogP contribution is 2.29. The smallest absolute Gasteiger partial charge is 0.290 e. The third-order valence-corrected chi connectivity index (χ3v) is 4.98. The molecule has 0 saturated carbocycles. The molecule has 3 heterocycles. The lowest BCUT2D eigenvalue weighted by molar-refractivity contribution is -0.122. The van der Waals surface area contributed by atoms with Gasteiger partial charge in [-0.25, -0.2) is 9.97 Å². The first-order valence-corrected chi connectivity index (χ1v) is 9.56. The van der Waals surface area contributed by atoms with E-state index in [-0.39, 0.29) is 6.47 Å². The molecule has 4 rings (SSSR count). The molecule has 7 heteroatoms. The number of likely N-dealkylation sites (tertiary alicyclic amines) is 1. The van der Waals surface area contributed by atoms with Crippen molar-refractivity contribution in [3.8, 4) is 11.3 Å². The molecule has 29 heavy (non-hydrogen) atoms. The lowest BCUT2D eigenvalue weighted by Gasteiger charge is -2.29. The van der Waals surface area contributed by atoms with Crippen LogP contribution in [0.1, 0.15) is 24.3 Å². The molecule has 1 aromatic carbocycles. The highest BCUT2D eigenvalue weighted by Gasteiger charge is 2.18. The van der Waals surface area contributed by atoms with Crippen LogP contribution in [0.4, 0.5) is 11.6 Å². The van der Waals surface area contributed by atoms with Crippen LogP contribution in [0.15, 0.2) is 61.1 Å². The highest BCUT2D eigenvalue weighted by molar-refractivity contribution is 5.62. The Labute approximate surface area is 170 Å². The number of nitrogens with zero attached hydrogens (tertiary/aromatic N) is 4. The Hall–Kier alpha value is -3.32. The number of benzene rings is 1. The van der Waals surface area contributed by atoms with Crippen molar-refractivity contribution < 1.29 is 9.90 Å². The van der Waals surface area contributed by atoms with Gasteiger partial charge in [0.05, 0.1) is 17.6 Å². The minimum Gasteiger partial charge on any atom is -0.483 e. The molecule has 1 aliphatic heterocycles. The number of piperidine rings is 1. The maximum Gasteiger partial charge on any atom is 0.290 e. The maximum absolute atomic E-state index is 8.36. The first-order chi connectivity index (χ1) is 14.2. The third kappa shape index (κ3) is 5.83. The Morgan fingerprint density at radius 3 is 2.28 bits per heavy atom. The van der Waals surface area contributed by atoms with Gasteiger partial charge in [-0.3, -0.25) is 9.78 Å². The molecule has 0 unspecified atom stereocenters. The summed E-state index contributed by atoms with van der Waals surface area (Å²) in [5, 5.41) is 10.0. The Kier molecular flexibility index (Phi) is 7.24. The molecule has 0 spiro atoms. The summed E-state index contributed by atoms with van der Waals surface area (Å²) in [5.41, 5.74) is 4.44. The van der Waals surface area contributed by atoms with E-state index in [2.05, 4.69) is 56.5 Å². The van der Waals surface area contributed by atoms with Gasteiger partial charge in [-0.05, 0) is 62.7 Å². The molecule has 2 aromatic heterocycles.